The Balaban J connectivity index is 2.19. The Kier molecular flexibility index (Phi) is 3.53. The highest BCUT2D eigenvalue weighted by Crippen LogP contribution is 2.18. The van der Waals surface area contributed by atoms with Crippen molar-refractivity contribution in [3.63, 3.8) is 0 Å². The molecule has 0 fully saturated rings. The van der Waals surface area contributed by atoms with Crippen molar-refractivity contribution in [1.82, 2.24) is 9.55 Å². The van der Waals surface area contributed by atoms with Crippen LogP contribution in [0.2, 0.25) is 0 Å². The zero-order chi connectivity index (χ0) is 15.5. The average Bonchev–Trinajstić information content (AvgIpc) is 3.03. The molecule has 0 aliphatic carbocycles. The van der Waals surface area contributed by atoms with Gasteiger partial charge >= 0.3 is 11.2 Å². The van der Waals surface area contributed by atoms with E-state index in [1.165, 1.54) is 10.8 Å². The highest BCUT2D eigenvalue weighted by molar-refractivity contribution is 5.55. The molecule has 110 valence electrons. The van der Waals surface area contributed by atoms with E-state index in [1.807, 2.05) is 6.07 Å². The van der Waals surface area contributed by atoms with Crippen molar-refractivity contribution in [2.75, 3.05) is 0 Å². The molecule has 3 aromatic rings. The van der Waals surface area contributed by atoms with Gasteiger partial charge in [-0.05, 0) is 12.1 Å². The van der Waals surface area contributed by atoms with Crippen molar-refractivity contribution in [2.45, 2.75) is 6.54 Å². The smallest absolute Gasteiger partial charge is 0.352 e. The van der Waals surface area contributed by atoms with Gasteiger partial charge in [-0.1, -0.05) is 30.3 Å². The minimum atomic E-state index is -0.733. The van der Waals surface area contributed by atoms with Crippen molar-refractivity contribution in [1.29, 1.82) is 0 Å². The summed E-state index contributed by atoms with van der Waals surface area (Å²) in [4.78, 5) is 26.7. The van der Waals surface area contributed by atoms with E-state index in [0.29, 0.717) is 17.1 Å². The molecule has 7 heteroatoms. The maximum atomic E-state index is 12.4. The molecule has 3 rings (SSSR count). The highest BCUT2D eigenvalue weighted by Gasteiger charge is 2.20. The highest BCUT2D eigenvalue weighted by atomic mass is 16.6. The molecule has 0 aliphatic rings. The molecule has 2 heterocycles. The van der Waals surface area contributed by atoms with E-state index in [0.717, 1.165) is 6.20 Å². The molecule has 0 unspecified atom stereocenters. The first kappa shape index (κ1) is 13.7. The van der Waals surface area contributed by atoms with E-state index in [4.69, 9.17) is 4.42 Å². The Bertz CT molecular complexity index is 854. The number of nitrogens with zero attached hydrogens (tertiary/aromatic N) is 3. The zero-order valence-corrected chi connectivity index (χ0v) is 11.4. The summed E-state index contributed by atoms with van der Waals surface area (Å²) in [5, 5.41) is 11.0. The molecule has 0 bridgehead atoms. The van der Waals surface area contributed by atoms with Gasteiger partial charge in [-0.25, -0.2) is 4.98 Å². The second-order valence-corrected chi connectivity index (χ2v) is 4.56. The second-order valence-electron chi connectivity index (χ2n) is 4.56. The SMILES string of the molecule is O=c1c([N+](=O)[O-])cnc(-c2ccccc2)n1Cc1ccco1. The molecule has 0 N–H and O–H groups in total. The van der Waals surface area contributed by atoms with Crippen LogP contribution in [0.15, 0.2) is 64.1 Å². The van der Waals surface area contributed by atoms with Crippen molar-refractivity contribution >= 4 is 5.69 Å². The molecule has 0 radical (unpaired) electrons. The lowest BCUT2D eigenvalue weighted by molar-refractivity contribution is -0.386. The topological polar surface area (TPSA) is 91.2 Å². The third-order valence-corrected chi connectivity index (χ3v) is 3.15. The predicted octanol–water partition coefficient (Wildman–Crippen LogP) is 2.46. The minimum Gasteiger partial charge on any atom is -0.467 e. The summed E-state index contributed by atoms with van der Waals surface area (Å²) in [5.74, 6) is 0.870. The van der Waals surface area contributed by atoms with E-state index in [2.05, 4.69) is 4.98 Å². The molecule has 1 aromatic carbocycles. The van der Waals surface area contributed by atoms with Crippen molar-refractivity contribution in [2.24, 2.45) is 0 Å². The largest absolute Gasteiger partial charge is 0.467 e. The second kappa shape index (κ2) is 5.65. The van der Waals surface area contributed by atoms with Crippen LogP contribution in [0.4, 0.5) is 5.69 Å². The van der Waals surface area contributed by atoms with Gasteiger partial charge in [0.15, 0.2) is 0 Å². The summed E-state index contributed by atoms with van der Waals surface area (Å²) >= 11 is 0. The molecule has 22 heavy (non-hydrogen) atoms. The quantitative estimate of drug-likeness (QED) is 0.545. The number of hydrogen-bond acceptors (Lipinski definition) is 5. The number of aromatic nitrogens is 2. The predicted molar refractivity (Wildman–Crippen MR) is 78.4 cm³/mol. The van der Waals surface area contributed by atoms with Gasteiger partial charge in [0.05, 0.1) is 17.7 Å². The number of furan rings is 1. The minimum absolute atomic E-state index is 0.0741. The van der Waals surface area contributed by atoms with Gasteiger partial charge in [0.25, 0.3) is 0 Å². The van der Waals surface area contributed by atoms with E-state index >= 15 is 0 Å². The van der Waals surface area contributed by atoms with Crippen LogP contribution < -0.4 is 5.56 Å². The average molecular weight is 297 g/mol. The van der Waals surface area contributed by atoms with Crippen LogP contribution in [-0.2, 0) is 6.54 Å². The van der Waals surface area contributed by atoms with Crippen LogP contribution in [0.3, 0.4) is 0 Å². The monoisotopic (exact) mass is 297 g/mol. The molecule has 7 nitrogen and oxygen atoms in total. The summed E-state index contributed by atoms with van der Waals surface area (Å²) < 4.78 is 6.47. The molecule has 0 saturated carbocycles. The number of benzene rings is 1. The molecule has 0 aliphatic heterocycles. The lowest BCUT2D eigenvalue weighted by Crippen LogP contribution is -2.25. The van der Waals surface area contributed by atoms with Crippen LogP contribution in [-0.4, -0.2) is 14.5 Å². The van der Waals surface area contributed by atoms with E-state index < -0.39 is 16.2 Å². The van der Waals surface area contributed by atoms with Gasteiger partial charge in [0.2, 0.25) is 0 Å². The third kappa shape index (κ3) is 2.51. The zero-order valence-electron chi connectivity index (χ0n) is 11.4. The Morgan fingerprint density at radius 1 is 1.18 bits per heavy atom. The third-order valence-electron chi connectivity index (χ3n) is 3.15. The molecule has 2 aromatic heterocycles. The number of hydrogen-bond donors (Lipinski definition) is 0. The van der Waals surface area contributed by atoms with Crippen molar-refractivity contribution in [3.8, 4) is 11.4 Å². The lowest BCUT2D eigenvalue weighted by Gasteiger charge is -2.10. The summed E-state index contributed by atoms with van der Waals surface area (Å²) in [6.45, 7) is 0.0741. The van der Waals surface area contributed by atoms with Crippen LogP contribution >= 0.6 is 0 Å². The van der Waals surface area contributed by atoms with Gasteiger partial charge in [-0.15, -0.1) is 0 Å². The Hall–Kier alpha value is -3.22. The lowest BCUT2D eigenvalue weighted by atomic mass is 10.2. The van der Waals surface area contributed by atoms with Gasteiger partial charge in [-0.2, -0.15) is 0 Å². The number of nitro groups is 1. The van der Waals surface area contributed by atoms with Crippen LogP contribution in [0, 0.1) is 10.1 Å². The van der Waals surface area contributed by atoms with Gasteiger partial charge < -0.3 is 4.42 Å². The first-order valence-corrected chi connectivity index (χ1v) is 6.49. The van der Waals surface area contributed by atoms with E-state index in [-0.39, 0.29) is 6.54 Å². The molecular formula is C15H11N3O4. The van der Waals surface area contributed by atoms with E-state index in [1.54, 1.807) is 36.4 Å². The molecule has 0 saturated heterocycles. The molecule has 0 spiro atoms. The fraction of sp³-hybridized carbons (Fsp3) is 0.0667. The van der Waals surface area contributed by atoms with Crippen molar-refractivity contribution in [3.05, 3.63) is 81.2 Å². The summed E-state index contributed by atoms with van der Waals surface area (Å²) in [5.41, 5.74) is -0.581. The van der Waals surface area contributed by atoms with Gasteiger partial charge in [-0.3, -0.25) is 19.5 Å². The van der Waals surface area contributed by atoms with Crippen LogP contribution in [0.1, 0.15) is 5.76 Å². The first-order chi connectivity index (χ1) is 10.7. The summed E-state index contributed by atoms with van der Waals surface area (Å²) in [6, 6.07) is 12.4. The maximum Gasteiger partial charge on any atom is 0.352 e. The first-order valence-electron chi connectivity index (χ1n) is 6.49. The van der Waals surface area contributed by atoms with Gasteiger partial charge in [0.1, 0.15) is 17.8 Å². The fourth-order valence-corrected chi connectivity index (χ4v) is 2.13. The van der Waals surface area contributed by atoms with Crippen LogP contribution in [0.25, 0.3) is 11.4 Å². The molecule has 0 atom stereocenters. The standard InChI is InChI=1S/C15H11N3O4/c19-15-13(18(20)21)9-16-14(11-5-2-1-3-6-11)17(15)10-12-7-4-8-22-12/h1-9H,10H2. The normalized spacial score (nSPS) is 10.5. The van der Waals surface area contributed by atoms with E-state index in [9.17, 15) is 14.9 Å². The van der Waals surface area contributed by atoms with Crippen LogP contribution in [0.5, 0.6) is 0 Å². The summed E-state index contributed by atoms with van der Waals surface area (Å²) in [7, 11) is 0. The molecular weight excluding hydrogens is 286 g/mol. The van der Waals surface area contributed by atoms with Gasteiger partial charge in [0, 0.05) is 5.56 Å². The number of rotatable bonds is 4. The van der Waals surface area contributed by atoms with Crippen molar-refractivity contribution < 1.29 is 9.34 Å². The summed E-state index contributed by atoms with van der Waals surface area (Å²) in [6.07, 6.45) is 2.47. The Morgan fingerprint density at radius 2 is 1.95 bits per heavy atom. The fourth-order valence-electron chi connectivity index (χ4n) is 2.13. The maximum absolute atomic E-state index is 12.4. The Morgan fingerprint density at radius 3 is 2.59 bits per heavy atom. The Labute approximate surface area is 124 Å². The molecule has 0 amide bonds.